The summed E-state index contributed by atoms with van der Waals surface area (Å²) in [6.07, 6.45) is 4.30. The lowest BCUT2D eigenvalue weighted by molar-refractivity contribution is 0.0951. The van der Waals surface area contributed by atoms with Crippen LogP contribution >= 0.6 is 0 Å². The number of hydrogen-bond acceptors (Lipinski definition) is 4. The van der Waals surface area contributed by atoms with Crippen molar-refractivity contribution >= 4 is 29.0 Å². The first-order chi connectivity index (χ1) is 15.0. The quantitative estimate of drug-likeness (QED) is 0.642. The largest absolute Gasteiger partial charge is 0.497 e. The second-order valence-corrected chi connectivity index (χ2v) is 8.46. The monoisotopic (exact) mass is 422 g/mol. The van der Waals surface area contributed by atoms with Crippen molar-refractivity contribution < 1.29 is 14.3 Å². The van der Waals surface area contributed by atoms with Gasteiger partial charge in [0.1, 0.15) is 5.75 Å². The van der Waals surface area contributed by atoms with Gasteiger partial charge in [0.05, 0.1) is 12.7 Å². The van der Waals surface area contributed by atoms with Crippen LogP contribution in [0.5, 0.6) is 5.75 Å². The molecular weight excluding hydrogens is 392 g/mol. The standard InChI is InChI=1S/C24H30N4O3/c1-16-10-12-28(13-11-16)22-9-8-19(15-21(22)23(29)25-17-6-7-17)27-24(30)26-18-4-3-5-20(14-18)31-2/h3-5,8-9,14-17H,6-7,10-13H2,1-2H3,(H,25,29)(H2,26,27,30). The molecule has 1 aliphatic carbocycles. The van der Waals surface area contributed by atoms with Gasteiger partial charge in [0.2, 0.25) is 0 Å². The van der Waals surface area contributed by atoms with Gasteiger partial charge in [-0.3, -0.25) is 4.79 Å². The zero-order valence-electron chi connectivity index (χ0n) is 18.1. The summed E-state index contributed by atoms with van der Waals surface area (Å²) < 4.78 is 5.19. The molecule has 164 valence electrons. The van der Waals surface area contributed by atoms with Crippen molar-refractivity contribution in [3.63, 3.8) is 0 Å². The van der Waals surface area contributed by atoms with Gasteiger partial charge in [-0.1, -0.05) is 13.0 Å². The van der Waals surface area contributed by atoms with Crippen molar-refractivity contribution in [1.29, 1.82) is 0 Å². The van der Waals surface area contributed by atoms with Gasteiger partial charge in [-0.2, -0.15) is 0 Å². The number of anilines is 3. The molecule has 1 heterocycles. The average molecular weight is 423 g/mol. The molecule has 2 aromatic carbocycles. The lowest BCUT2D eigenvalue weighted by atomic mass is 9.98. The van der Waals surface area contributed by atoms with E-state index in [0.29, 0.717) is 28.6 Å². The van der Waals surface area contributed by atoms with Crippen LogP contribution in [0.15, 0.2) is 42.5 Å². The van der Waals surface area contributed by atoms with Gasteiger partial charge in [-0.15, -0.1) is 0 Å². The Labute approximate surface area is 183 Å². The third-order valence-corrected chi connectivity index (χ3v) is 5.86. The Hall–Kier alpha value is -3.22. The molecular formula is C24H30N4O3. The van der Waals surface area contributed by atoms with Crippen molar-refractivity contribution in [3.05, 3.63) is 48.0 Å². The Morgan fingerprint density at radius 3 is 2.35 bits per heavy atom. The second-order valence-electron chi connectivity index (χ2n) is 8.46. The van der Waals surface area contributed by atoms with Gasteiger partial charge >= 0.3 is 6.03 Å². The first-order valence-electron chi connectivity index (χ1n) is 10.9. The molecule has 2 aliphatic rings. The maximum absolute atomic E-state index is 12.9. The molecule has 0 bridgehead atoms. The Morgan fingerprint density at radius 1 is 0.968 bits per heavy atom. The van der Waals surface area contributed by atoms with Crippen LogP contribution < -0.4 is 25.6 Å². The summed E-state index contributed by atoms with van der Waals surface area (Å²) in [5.74, 6) is 1.30. The van der Waals surface area contributed by atoms with Crippen LogP contribution in [0.25, 0.3) is 0 Å². The number of nitrogens with zero attached hydrogens (tertiary/aromatic N) is 1. The minimum Gasteiger partial charge on any atom is -0.497 e. The lowest BCUT2D eigenvalue weighted by Gasteiger charge is -2.33. The summed E-state index contributed by atoms with van der Waals surface area (Å²) in [6, 6.07) is 12.6. The molecule has 4 rings (SSSR count). The molecule has 31 heavy (non-hydrogen) atoms. The van der Waals surface area contributed by atoms with Crippen molar-refractivity contribution in [2.75, 3.05) is 35.7 Å². The first-order valence-corrected chi connectivity index (χ1v) is 10.9. The highest BCUT2D eigenvalue weighted by Gasteiger charge is 2.27. The number of carbonyl (C=O) groups excluding carboxylic acids is 2. The minimum atomic E-state index is -0.374. The van der Waals surface area contributed by atoms with Crippen LogP contribution in [0.2, 0.25) is 0 Å². The third kappa shape index (κ3) is 5.48. The molecule has 2 aromatic rings. The molecule has 3 amide bonds. The van der Waals surface area contributed by atoms with Crippen molar-refractivity contribution in [2.45, 2.75) is 38.6 Å². The van der Waals surface area contributed by atoms with Crippen LogP contribution in [-0.2, 0) is 0 Å². The highest BCUT2D eigenvalue weighted by molar-refractivity contribution is 6.04. The number of piperidine rings is 1. The van der Waals surface area contributed by atoms with Gasteiger partial charge in [0.15, 0.2) is 0 Å². The van der Waals surface area contributed by atoms with Crippen molar-refractivity contribution in [2.24, 2.45) is 5.92 Å². The summed E-state index contributed by atoms with van der Waals surface area (Å²) >= 11 is 0. The summed E-state index contributed by atoms with van der Waals surface area (Å²) in [7, 11) is 1.58. The van der Waals surface area contributed by atoms with E-state index in [1.165, 1.54) is 0 Å². The fourth-order valence-electron chi connectivity index (χ4n) is 3.81. The number of rotatable bonds is 6. The van der Waals surface area contributed by atoms with Crippen LogP contribution in [0.4, 0.5) is 21.9 Å². The van der Waals surface area contributed by atoms with Crippen molar-refractivity contribution in [1.82, 2.24) is 5.32 Å². The number of carbonyl (C=O) groups is 2. The SMILES string of the molecule is COc1cccc(NC(=O)Nc2ccc(N3CCC(C)CC3)c(C(=O)NC3CC3)c2)c1. The molecule has 0 radical (unpaired) electrons. The molecule has 1 saturated heterocycles. The van der Waals surface area contributed by atoms with E-state index in [1.54, 1.807) is 25.3 Å². The molecule has 0 atom stereocenters. The van der Waals surface area contributed by atoms with Crippen molar-refractivity contribution in [3.8, 4) is 5.75 Å². The minimum absolute atomic E-state index is 0.0759. The Kier molecular flexibility index (Phi) is 6.30. The fraction of sp³-hybridized carbons (Fsp3) is 0.417. The van der Waals surface area contributed by atoms with E-state index in [0.717, 1.165) is 44.5 Å². The number of amides is 3. The van der Waals surface area contributed by atoms with Gasteiger partial charge in [0.25, 0.3) is 5.91 Å². The molecule has 1 aliphatic heterocycles. The number of ether oxygens (including phenoxy) is 1. The molecule has 7 nitrogen and oxygen atoms in total. The number of methoxy groups -OCH3 is 1. The Balaban J connectivity index is 1.50. The van der Waals surface area contributed by atoms with Gasteiger partial charge in [-0.25, -0.2) is 4.79 Å². The first kappa shape index (κ1) is 21.0. The van der Waals surface area contributed by atoms with Crippen LogP contribution in [-0.4, -0.2) is 38.2 Å². The topological polar surface area (TPSA) is 82.7 Å². The number of nitrogens with one attached hydrogen (secondary N) is 3. The molecule has 7 heteroatoms. The zero-order valence-corrected chi connectivity index (χ0v) is 18.1. The summed E-state index contributed by atoms with van der Waals surface area (Å²) in [5.41, 5.74) is 2.75. The molecule has 0 unspecified atom stereocenters. The third-order valence-electron chi connectivity index (χ3n) is 5.86. The van der Waals surface area contributed by atoms with Gasteiger partial charge in [-0.05, 0) is 61.9 Å². The van der Waals surface area contributed by atoms with E-state index in [-0.39, 0.29) is 18.0 Å². The smallest absolute Gasteiger partial charge is 0.323 e. The molecule has 0 aromatic heterocycles. The second kappa shape index (κ2) is 9.29. The average Bonchev–Trinajstić information content (AvgIpc) is 3.58. The fourth-order valence-corrected chi connectivity index (χ4v) is 3.81. The van der Waals surface area contributed by atoms with E-state index in [1.807, 2.05) is 24.3 Å². The maximum Gasteiger partial charge on any atom is 0.323 e. The summed E-state index contributed by atoms with van der Waals surface area (Å²) in [5, 5.41) is 8.72. The van der Waals surface area contributed by atoms with E-state index < -0.39 is 0 Å². The number of benzene rings is 2. The van der Waals surface area contributed by atoms with E-state index in [9.17, 15) is 9.59 Å². The summed E-state index contributed by atoms with van der Waals surface area (Å²) in [6.45, 7) is 4.15. The predicted octanol–water partition coefficient (Wildman–Crippen LogP) is 4.47. The number of hydrogen-bond donors (Lipinski definition) is 3. The Bertz CT molecular complexity index is 950. The zero-order chi connectivity index (χ0) is 21.8. The summed E-state index contributed by atoms with van der Waals surface area (Å²) in [4.78, 5) is 27.7. The number of urea groups is 1. The Morgan fingerprint density at radius 2 is 1.68 bits per heavy atom. The normalized spacial score (nSPS) is 16.5. The maximum atomic E-state index is 12.9. The van der Waals surface area contributed by atoms with Crippen LogP contribution in [0.1, 0.15) is 43.0 Å². The highest BCUT2D eigenvalue weighted by atomic mass is 16.5. The molecule has 0 spiro atoms. The molecule has 2 fully saturated rings. The molecule has 3 N–H and O–H groups in total. The van der Waals surface area contributed by atoms with E-state index >= 15 is 0 Å². The highest BCUT2D eigenvalue weighted by Crippen LogP contribution is 2.30. The van der Waals surface area contributed by atoms with E-state index in [2.05, 4.69) is 27.8 Å². The molecule has 1 saturated carbocycles. The van der Waals surface area contributed by atoms with Crippen LogP contribution in [0, 0.1) is 5.92 Å². The predicted molar refractivity (Wildman–Crippen MR) is 123 cm³/mol. The van der Waals surface area contributed by atoms with E-state index in [4.69, 9.17) is 4.74 Å². The van der Waals surface area contributed by atoms with Gasteiger partial charge in [0, 0.05) is 42.3 Å². The van der Waals surface area contributed by atoms with Crippen LogP contribution in [0.3, 0.4) is 0 Å². The van der Waals surface area contributed by atoms with Gasteiger partial charge < -0.3 is 25.6 Å². The lowest BCUT2D eigenvalue weighted by Crippen LogP contribution is -2.35.